The van der Waals surface area contributed by atoms with Gasteiger partial charge in [-0.2, -0.15) is 0 Å². The van der Waals surface area contributed by atoms with E-state index in [-0.39, 0.29) is 11.2 Å². The molecular formula is C14H19N3O5S. The van der Waals surface area contributed by atoms with Crippen LogP contribution in [0.1, 0.15) is 31.4 Å². The highest BCUT2D eigenvalue weighted by atomic mass is 32.2. The highest BCUT2D eigenvalue weighted by Gasteiger charge is 2.44. The molecule has 1 aromatic heterocycles. The number of nitrogens with one attached hydrogen (secondary N) is 1. The summed E-state index contributed by atoms with van der Waals surface area (Å²) in [5, 5.41) is -0.368. The van der Waals surface area contributed by atoms with E-state index in [1.54, 1.807) is 6.07 Å². The van der Waals surface area contributed by atoms with E-state index in [1.807, 2.05) is 0 Å². The number of sulfonamides is 1. The molecule has 2 aliphatic rings. The van der Waals surface area contributed by atoms with Crippen molar-refractivity contribution in [1.82, 2.24) is 9.97 Å². The zero-order valence-electron chi connectivity index (χ0n) is 12.8. The van der Waals surface area contributed by atoms with Crippen LogP contribution in [0.15, 0.2) is 12.3 Å². The van der Waals surface area contributed by atoms with Gasteiger partial charge in [0.25, 0.3) is 0 Å². The Kier molecular flexibility index (Phi) is 4.24. The Hall–Kier alpha value is -1.74. The molecule has 1 saturated carbocycles. The number of esters is 1. The molecule has 126 valence electrons. The van der Waals surface area contributed by atoms with E-state index >= 15 is 0 Å². The normalized spacial score (nSPS) is 20.7. The van der Waals surface area contributed by atoms with Gasteiger partial charge in [0, 0.05) is 19.4 Å². The molecule has 9 heteroatoms. The van der Waals surface area contributed by atoms with Crippen molar-refractivity contribution >= 4 is 21.9 Å². The SMILES string of the molecule is COC(=O)C1(c2ccnc(NS(=O)(=O)C3CC3)n2)CCOCC1. The minimum absolute atomic E-state index is 0.0100. The Morgan fingerprint density at radius 1 is 1.39 bits per heavy atom. The quantitative estimate of drug-likeness (QED) is 0.781. The minimum Gasteiger partial charge on any atom is -0.468 e. The zero-order valence-corrected chi connectivity index (χ0v) is 13.6. The summed E-state index contributed by atoms with van der Waals surface area (Å²) >= 11 is 0. The zero-order chi connectivity index (χ0) is 16.5. The standard InChI is InChI=1S/C14H19N3O5S/c1-21-12(18)14(5-8-22-9-6-14)11-4-7-15-13(16-11)17-23(19,20)10-2-3-10/h4,7,10H,2-3,5-6,8-9H2,1H3,(H,15,16,17). The van der Waals surface area contributed by atoms with Crippen LogP contribution in [0.5, 0.6) is 0 Å². The Bertz CT molecular complexity index is 696. The van der Waals surface area contributed by atoms with Gasteiger partial charge < -0.3 is 9.47 Å². The second-order valence-corrected chi connectivity index (χ2v) is 7.76. The molecule has 1 aliphatic heterocycles. The van der Waals surface area contributed by atoms with Crippen molar-refractivity contribution in [3.05, 3.63) is 18.0 Å². The van der Waals surface area contributed by atoms with Crippen LogP contribution in [-0.4, -0.2) is 49.9 Å². The van der Waals surface area contributed by atoms with Crippen LogP contribution >= 0.6 is 0 Å². The van der Waals surface area contributed by atoms with Crippen molar-refractivity contribution in [1.29, 1.82) is 0 Å². The van der Waals surface area contributed by atoms with Gasteiger partial charge in [-0.05, 0) is 31.7 Å². The molecule has 0 bridgehead atoms. The van der Waals surface area contributed by atoms with Crippen LogP contribution in [0.4, 0.5) is 5.95 Å². The van der Waals surface area contributed by atoms with Gasteiger partial charge in [0.15, 0.2) is 0 Å². The second-order valence-electron chi connectivity index (χ2n) is 5.80. The third-order valence-electron chi connectivity index (χ3n) is 4.27. The maximum atomic E-state index is 12.3. The van der Waals surface area contributed by atoms with E-state index in [4.69, 9.17) is 9.47 Å². The second kappa shape index (κ2) is 6.04. The molecule has 8 nitrogen and oxygen atoms in total. The first-order valence-electron chi connectivity index (χ1n) is 7.49. The van der Waals surface area contributed by atoms with Crippen molar-refractivity contribution in [3.63, 3.8) is 0 Å². The lowest BCUT2D eigenvalue weighted by atomic mass is 9.77. The minimum atomic E-state index is -3.45. The van der Waals surface area contributed by atoms with Gasteiger partial charge >= 0.3 is 5.97 Å². The number of hydrogen-bond donors (Lipinski definition) is 1. The highest BCUT2D eigenvalue weighted by molar-refractivity contribution is 7.93. The summed E-state index contributed by atoms with van der Waals surface area (Å²) in [6.45, 7) is 0.838. The highest BCUT2D eigenvalue weighted by Crippen LogP contribution is 2.35. The van der Waals surface area contributed by atoms with Gasteiger partial charge in [0.05, 0.1) is 18.1 Å². The first-order chi connectivity index (χ1) is 11.0. The lowest BCUT2D eigenvalue weighted by molar-refractivity contribution is -0.151. The molecule has 0 unspecified atom stereocenters. The maximum absolute atomic E-state index is 12.3. The number of hydrogen-bond acceptors (Lipinski definition) is 7. The van der Waals surface area contributed by atoms with Gasteiger partial charge in [-0.1, -0.05) is 0 Å². The number of anilines is 1. The van der Waals surface area contributed by atoms with E-state index in [0.717, 1.165) is 0 Å². The number of rotatable bonds is 5. The van der Waals surface area contributed by atoms with E-state index in [1.165, 1.54) is 13.3 Å². The molecule has 1 aliphatic carbocycles. The largest absolute Gasteiger partial charge is 0.468 e. The van der Waals surface area contributed by atoms with E-state index < -0.39 is 21.4 Å². The molecule has 0 radical (unpaired) electrons. The van der Waals surface area contributed by atoms with E-state index in [9.17, 15) is 13.2 Å². The Balaban J connectivity index is 1.91. The fourth-order valence-corrected chi connectivity index (χ4v) is 4.02. The average Bonchev–Trinajstić information content (AvgIpc) is 3.40. The number of carbonyl (C=O) groups is 1. The Morgan fingerprint density at radius 2 is 2.09 bits per heavy atom. The number of carbonyl (C=O) groups excluding carboxylic acids is 1. The molecule has 1 aromatic rings. The van der Waals surface area contributed by atoms with Gasteiger partial charge in [0.1, 0.15) is 5.41 Å². The van der Waals surface area contributed by atoms with Crippen molar-refractivity contribution in [2.24, 2.45) is 0 Å². The predicted octanol–water partition coefficient (Wildman–Crippen LogP) is 0.602. The molecule has 0 amide bonds. The fourth-order valence-electron chi connectivity index (χ4n) is 2.74. The van der Waals surface area contributed by atoms with Crippen LogP contribution in [0.25, 0.3) is 0 Å². The van der Waals surface area contributed by atoms with Gasteiger partial charge in [-0.3, -0.25) is 9.52 Å². The summed E-state index contributed by atoms with van der Waals surface area (Å²) in [7, 11) is -2.12. The van der Waals surface area contributed by atoms with Crippen LogP contribution in [-0.2, 0) is 29.7 Å². The number of aromatic nitrogens is 2. The monoisotopic (exact) mass is 341 g/mol. The molecule has 2 heterocycles. The van der Waals surface area contributed by atoms with Crippen LogP contribution in [0.3, 0.4) is 0 Å². The average molecular weight is 341 g/mol. The molecule has 1 saturated heterocycles. The predicted molar refractivity (Wildman–Crippen MR) is 81.3 cm³/mol. The molecule has 23 heavy (non-hydrogen) atoms. The topological polar surface area (TPSA) is 107 Å². The smallest absolute Gasteiger partial charge is 0.318 e. The van der Waals surface area contributed by atoms with Crippen LogP contribution in [0, 0.1) is 0 Å². The summed E-state index contributed by atoms with van der Waals surface area (Å²) in [4.78, 5) is 20.6. The van der Waals surface area contributed by atoms with Gasteiger partial charge in [0.2, 0.25) is 16.0 Å². The lowest BCUT2D eigenvalue weighted by Crippen LogP contribution is -2.43. The first-order valence-corrected chi connectivity index (χ1v) is 9.04. The molecule has 3 rings (SSSR count). The third-order valence-corrected chi connectivity index (χ3v) is 6.08. The number of methoxy groups -OCH3 is 1. The first kappa shape index (κ1) is 16.1. The summed E-state index contributed by atoms with van der Waals surface area (Å²) in [5.74, 6) is -0.403. The number of ether oxygens (including phenoxy) is 2. The Labute approximate surface area is 134 Å². The maximum Gasteiger partial charge on any atom is 0.318 e. The fraction of sp³-hybridized carbons (Fsp3) is 0.643. The molecule has 0 atom stereocenters. The summed E-state index contributed by atoms with van der Waals surface area (Å²) < 4.78 is 36.7. The van der Waals surface area contributed by atoms with Crippen molar-refractivity contribution in [3.8, 4) is 0 Å². The molecule has 2 fully saturated rings. The van der Waals surface area contributed by atoms with Crippen molar-refractivity contribution < 1.29 is 22.7 Å². The lowest BCUT2D eigenvalue weighted by Gasteiger charge is -2.33. The molecule has 1 N–H and O–H groups in total. The van der Waals surface area contributed by atoms with Gasteiger partial charge in [-0.15, -0.1) is 0 Å². The Morgan fingerprint density at radius 3 is 2.70 bits per heavy atom. The van der Waals surface area contributed by atoms with E-state index in [2.05, 4.69) is 14.7 Å². The van der Waals surface area contributed by atoms with Gasteiger partial charge in [-0.25, -0.2) is 18.4 Å². The third kappa shape index (κ3) is 3.16. The van der Waals surface area contributed by atoms with Crippen LogP contribution in [0.2, 0.25) is 0 Å². The summed E-state index contributed by atoms with van der Waals surface area (Å²) in [5.41, 5.74) is -0.466. The summed E-state index contributed by atoms with van der Waals surface area (Å²) in [6, 6.07) is 1.62. The molecular weight excluding hydrogens is 322 g/mol. The van der Waals surface area contributed by atoms with Crippen molar-refractivity contribution in [2.75, 3.05) is 25.0 Å². The van der Waals surface area contributed by atoms with Crippen LogP contribution < -0.4 is 4.72 Å². The van der Waals surface area contributed by atoms with E-state index in [0.29, 0.717) is 44.6 Å². The summed E-state index contributed by atoms with van der Waals surface area (Å²) in [6.07, 6.45) is 3.63. The molecule has 0 spiro atoms. The number of nitrogens with zero attached hydrogens (tertiary/aromatic N) is 2. The molecule has 0 aromatic carbocycles. The van der Waals surface area contributed by atoms with Crippen molar-refractivity contribution in [2.45, 2.75) is 36.3 Å².